The Balaban J connectivity index is 4.40. The number of unbranched alkanes of at least 4 members (excludes halogenated alkanes) is 17. The molecule has 10 heteroatoms. The van der Waals surface area contributed by atoms with Crippen molar-refractivity contribution in [2.45, 2.75) is 187 Å². The lowest BCUT2D eigenvalue weighted by Crippen LogP contribution is -2.37. The number of allylic oxidation sites excluding steroid dienone is 10. The molecule has 0 rings (SSSR count). The number of esters is 2. The van der Waals surface area contributed by atoms with Gasteiger partial charge in [0.05, 0.1) is 27.7 Å². The Kier molecular flexibility index (Phi) is 38.5. The van der Waals surface area contributed by atoms with Crippen molar-refractivity contribution in [3.63, 3.8) is 0 Å². The second kappa shape index (κ2) is 40.1. The average molecular weight is 837 g/mol. The molecular weight excluding hydrogens is 750 g/mol. The third-order valence-corrected chi connectivity index (χ3v) is 10.5. The number of likely N-dealkylation sites (N-methyl/N-ethyl adjacent to an activating group) is 1. The Labute approximate surface area is 356 Å². The maximum Gasteiger partial charge on any atom is 0.472 e. The van der Waals surface area contributed by atoms with Crippen LogP contribution in [0.5, 0.6) is 0 Å². The molecule has 0 spiro atoms. The first-order valence-electron chi connectivity index (χ1n) is 23.0. The van der Waals surface area contributed by atoms with E-state index in [9.17, 15) is 19.0 Å². The van der Waals surface area contributed by atoms with Crippen LogP contribution in [-0.2, 0) is 32.7 Å². The van der Waals surface area contributed by atoms with Gasteiger partial charge in [-0.1, -0.05) is 145 Å². The minimum atomic E-state index is -4.39. The van der Waals surface area contributed by atoms with Crippen LogP contribution in [0.3, 0.4) is 0 Å². The van der Waals surface area contributed by atoms with Crippen molar-refractivity contribution >= 4 is 19.8 Å². The number of ether oxygens (including phenoxy) is 2. The molecule has 9 nitrogen and oxygen atoms in total. The molecule has 2 atom stereocenters. The zero-order valence-corrected chi connectivity index (χ0v) is 38.7. The van der Waals surface area contributed by atoms with Gasteiger partial charge in [0.25, 0.3) is 0 Å². The molecule has 0 aromatic rings. The summed E-state index contributed by atoms with van der Waals surface area (Å²) < 4.78 is 34.3. The molecule has 0 radical (unpaired) electrons. The monoisotopic (exact) mass is 837 g/mol. The highest BCUT2D eigenvalue weighted by Gasteiger charge is 2.27. The van der Waals surface area contributed by atoms with Gasteiger partial charge < -0.3 is 18.9 Å². The zero-order valence-electron chi connectivity index (χ0n) is 37.8. The van der Waals surface area contributed by atoms with Crippen LogP contribution < -0.4 is 0 Å². The van der Waals surface area contributed by atoms with Gasteiger partial charge in [0, 0.05) is 12.8 Å². The third kappa shape index (κ3) is 43.3. The summed E-state index contributed by atoms with van der Waals surface area (Å²) in [4.78, 5) is 35.4. The van der Waals surface area contributed by atoms with Crippen LogP contribution in [0.2, 0.25) is 0 Å². The second-order valence-corrected chi connectivity index (χ2v) is 17.9. The van der Waals surface area contributed by atoms with Crippen molar-refractivity contribution < 1.29 is 42.1 Å². The maximum atomic E-state index is 12.7. The fourth-order valence-electron chi connectivity index (χ4n) is 5.87. The third-order valence-electron chi connectivity index (χ3n) is 9.52. The van der Waals surface area contributed by atoms with Crippen LogP contribution in [0.1, 0.15) is 181 Å². The van der Waals surface area contributed by atoms with Gasteiger partial charge in [-0.15, -0.1) is 0 Å². The normalized spacial score (nSPS) is 14.1. The SMILES string of the molecule is CCCCC/C=C/C/C=C/C/C=C/CCCCCCC(=O)O[C@H](COC(=O)CCCCCCCCC/C=C/C/C=C/CCCCC)COP(=O)(O)OCC[N+](C)(C)C. The minimum absolute atomic E-state index is 0.0232. The van der Waals surface area contributed by atoms with E-state index in [-0.39, 0.29) is 32.0 Å². The lowest BCUT2D eigenvalue weighted by Gasteiger charge is -2.24. The summed E-state index contributed by atoms with van der Waals surface area (Å²) in [5.41, 5.74) is 0. The predicted octanol–water partition coefficient (Wildman–Crippen LogP) is 13.2. The highest BCUT2D eigenvalue weighted by Crippen LogP contribution is 2.43. The van der Waals surface area contributed by atoms with Gasteiger partial charge in [-0.3, -0.25) is 18.6 Å². The maximum absolute atomic E-state index is 12.7. The van der Waals surface area contributed by atoms with Crippen molar-refractivity contribution in [1.29, 1.82) is 0 Å². The molecule has 0 saturated carbocycles. The van der Waals surface area contributed by atoms with Crippen LogP contribution in [0, 0.1) is 0 Å². The standard InChI is InChI=1S/C48H86NO8P/c1-6-8-10-12-14-16-18-20-22-24-26-28-30-32-34-36-38-40-47(50)54-44-46(45-56-58(52,53)55-43-42-49(3,4)5)57-48(51)41-39-37-35-33-31-29-27-25-23-21-19-17-15-13-11-9-7-2/h14-17,20-23,27,29,46H,6-13,18-19,24-26,28,30-45H2,1-5H3/p+1/b16-14+,17-15+,22-20+,23-21+,29-27+/t46-/m1/s1. The van der Waals surface area contributed by atoms with Gasteiger partial charge in [0.15, 0.2) is 6.10 Å². The van der Waals surface area contributed by atoms with E-state index in [0.29, 0.717) is 17.4 Å². The summed E-state index contributed by atoms with van der Waals surface area (Å²) in [6.45, 7) is 4.33. The van der Waals surface area contributed by atoms with Crippen molar-refractivity contribution in [1.82, 2.24) is 0 Å². The number of hydrogen-bond acceptors (Lipinski definition) is 7. The van der Waals surface area contributed by atoms with Gasteiger partial charge >= 0.3 is 19.8 Å². The van der Waals surface area contributed by atoms with E-state index in [1.54, 1.807) is 0 Å². The van der Waals surface area contributed by atoms with Crippen LogP contribution in [0.25, 0.3) is 0 Å². The summed E-state index contributed by atoms with van der Waals surface area (Å²) in [6, 6.07) is 0. The summed E-state index contributed by atoms with van der Waals surface area (Å²) in [6.07, 6.45) is 48.3. The van der Waals surface area contributed by atoms with E-state index in [4.69, 9.17) is 18.5 Å². The Morgan fingerprint density at radius 3 is 1.38 bits per heavy atom. The molecule has 336 valence electrons. The fourth-order valence-corrected chi connectivity index (χ4v) is 6.61. The molecule has 0 aliphatic rings. The molecule has 0 aromatic carbocycles. The molecular formula is C48H87NO8P+. The van der Waals surface area contributed by atoms with Gasteiger partial charge in [-0.2, -0.15) is 0 Å². The first kappa shape index (κ1) is 55.7. The Morgan fingerprint density at radius 2 is 0.931 bits per heavy atom. The molecule has 0 amide bonds. The van der Waals surface area contributed by atoms with E-state index in [1.165, 1.54) is 70.6 Å². The van der Waals surface area contributed by atoms with E-state index < -0.39 is 26.5 Å². The van der Waals surface area contributed by atoms with Crippen LogP contribution in [-0.4, -0.2) is 74.9 Å². The number of phosphoric acid groups is 1. The molecule has 0 aromatic heterocycles. The van der Waals surface area contributed by atoms with E-state index >= 15 is 0 Å². The van der Waals surface area contributed by atoms with Crippen molar-refractivity contribution in [2.75, 3.05) is 47.5 Å². The van der Waals surface area contributed by atoms with Crippen LogP contribution in [0.15, 0.2) is 60.8 Å². The van der Waals surface area contributed by atoms with E-state index in [1.807, 2.05) is 21.1 Å². The first-order valence-corrected chi connectivity index (χ1v) is 24.5. The Morgan fingerprint density at radius 1 is 0.534 bits per heavy atom. The van der Waals surface area contributed by atoms with E-state index in [2.05, 4.69) is 74.6 Å². The smallest absolute Gasteiger partial charge is 0.462 e. The number of carbonyl (C=O) groups is 2. The Bertz CT molecular complexity index is 1170. The second-order valence-electron chi connectivity index (χ2n) is 16.4. The number of phosphoric ester groups is 1. The van der Waals surface area contributed by atoms with Crippen LogP contribution in [0.4, 0.5) is 0 Å². The molecule has 0 heterocycles. The number of hydrogen-bond donors (Lipinski definition) is 1. The molecule has 0 bridgehead atoms. The lowest BCUT2D eigenvalue weighted by molar-refractivity contribution is -0.870. The average Bonchev–Trinajstić information content (AvgIpc) is 3.17. The number of rotatable bonds is 41. The number of quaternary nitrogens is 1. The largest absolute Gasteiger partial charge is 0.472 e. The zero-order chi connectivity index (χ0) is 42.8. The topological polar surface area (TPSA) is 108 Å². The summed E-state index contributed by atoms with van der Waals surface area (Å²) in [5, 5.41) is 0. The summed E-state index contributed by atoms with van der Waals surface area (Å²) in [7, 11) is 1.45. The minimum Gasteiger partial charge on any atom is -0.462 e. The van der Waals surface area contributed by atoms with Crippen LogP contribution >= 0.6 is 7.82 Å². The highest BCUT2D eigenvalue weighted by molar-refractivity contribution is 7.47. The van der Waals surface area contributed by atoms with Crippen molar-refractivity contribution in [2.24, 2.45) is 0 Å². The predicted molar refractivity (Wildman–Crippen MR) is 243 cm³/mol. The van der Waals surface area contributed by atoms with Gasteiger partial charge in [-0.25, -0.2) is 4.57 Å². The highest BCUT2D eigenvalue weighted by atomic mass is 31.2. The summed E-state index contributed by atoms with van der Waals surface area (Å²) >= 11 is 0. The van der Waals surface area contributed by atoms with Gasteiger partial charge in [0.2, 0.25) is 0 Å². The van der Waals surface area contributed by atoms with Gasteiger partial charge in [0.1, 0.15) is 19.8 Å². The molecule has 1 N–H and O–H groups in total. The van der Waals surface area contributed by atoms with E-state index in [0.717, 1.165) is 77.0 Å². The molecule has 58 heavy (non-hydrogen) atoms. The molecule has 0 aliphatic heterocycles. The molecule has 0 fully saturated rings. The molecule has 0 aliphatic carbocycles. The Hall–Kier alpha value is -2.29. The first-order chi connectivity index (χ1) is 28.0. The summed E-state index contributed by atoms with van der Waals surface area (Å²) in [5.74, 6) is -0.836. The van der Waals surface area contributed by atoms with Gasteiger partial charge in [-0.05, 0) is 83.5 Å². The quantitative estimate of drug-likeness (QED) is 0.0213. The molecule has 0 saturated heterocycles. The van der Waals surface area contributed by atoms with Crippen molar-refractivity contribution in [3.05, 3.63) is 60.8 Å². The lowest BCUT2D eigenvalue weighted by atomic mass is 10.1. The number of carbonyl (C=O) groups excluding carboxylic acids is 2. The number of nitrogens with zero attached hydrogens (tertiary/aromatic N) is 1. The fraction of sp³-hybridized carbons (Fsp3) is 0.750. The van der Waals surface area contributed by atoms with Crippen molar-refractivity contribution in [3.8, 4) is 0 Å². The molecule has 1 unspecified atom stereocenters.